The van der Waals surface area contributed by atoms with Crippen LogP contribution in [0.5, 0.6) is 0 Å². The third-order valence-corrected chi connectivity index (χ3v) is 4.54. The summed E-state index contributed by atoms with van der Waals surface area (Å²) in [6.45, 7) is 36.6. The summed E-state index contributed by atoms with van der Waals surface area (Å²) in [5.41, 5.74) is 8.42. The van der Waals surface area contributed by atoms with E-state index >= 15 is 0 Å². The quantitative estimate of drug-likeness (QED) is 0.321. The minimum Gasteiger partial charge on any atom is -0.151 e. The van der Waals surface area contributed by atoms with Crippen LogP contribution in [0.4, 0.5) is 0 Å². The largest absolute Gasteiger partial charge is 0.151 e. The molecule has 0 amide bonds. The molecule has 25 heavy (non-hydrogen) atoms. The molecule has 0 N–H and O–H groups in total. The normalized spacial score (nSPS) is 12.4. The van der Waals surface area contributed by atoms with Crippen molar-refractivity contribution in [2.45, 2.75) is 27.7 Å². The van der Waals surface area contributed by atoms with Gasteiger partial charge in [0, 0.05) is 0 Å². The zero-order valence-corrected chi connectivity index (χ0v) is 17.0. The van der Waals surface area contributed by atoms with Crippen molar-refractivity contribution >= 4 is 12.6 Å². The second-order valence-electron chi connectivity index (χ2n) is 5.87. The van der Waals surface area contributed by atoms with Gasteiger partial charge >= 0.3 is 0 Å². The van der Waals surface area contributed by atoms with E-state index in [1.54, 1.807) is 5.41 Å². The van der Waals surface area contributed by atoms with Gasteiger partial charge in [-0.25, -0.2) is 0 Å². The van der Waals surface area contributed by atoms with Crippen LogP contribution in [0.2, 0.25) is 0 Å². The average molecular weight is 351 g/mol. The lowest BCUT2D eigenvalue weighted by molar-refractivity contribution is 1.28. The highest BCUT2D eigenvalue weighted by Gasteiger charge is 2.17. The minimum atomic E-state index is 0.727. The average Bonchev–Trinajstić information content (AvgIpc) is 2.59. The zero-order chi connectivity index (χ0) is 19.9. The maximum atomic E-state index is 4.26. The van der Waals surface area contributed by atoms with Crippen LogP contribution in [-0.2, 0) is 0 Å². The molecule has 1 heteroatoms. The molecule has 0 heterocycles. The van der Waals surface area contributed by atoms with Gasteiger partial charge in [-0.3, -0.25) is 0 Å². The molecule has 0 fully saturated rings. The van der Waals surface area contributed by atoms with Crippen LogP contribution in [-0.4, -0.2) is 0 Å². The molecule has 0 unspecified atom stereocenters. The van der Waals surface area contributed by atoms with E-state index in [4.69, 9.17) is 0 Å². The van der Waals surface area contributed by atoms with Crippen LogP contribution in [0.3, 0.4) is 0 Å². The second kappa shape index (κ2) is 9.90. The summed E-state index contributed by atoms with van der Waals surface area (Å²) in [5.74, 6) is 0. The maximum Gasteiger partial charge on any atom is -0.0154 e. The molecule has 0 bridgehead atoms. The predicted octanol–water partition coefficient (Wildman–Crippen LogP) is 7.63. The number of thiol groups is 1. The molecule has 0 aromatic rings. The molecule has 0 nitrogen and oxygen atoms in total. The van der Waals surface area contributed by atoms with Crippen LogP contribution in [0.15, 0.2) is 119 Å². The van der Waals surface area contributed by atoms with Gasteiger partial charge in [0.1, 0.15) is 0 Å². The van der Waals surface area contributed by atoms with Crippen LogP contribution < -0.4 is 0 Å². The topological polar surface area (TPSA) is 0 Å². The Labute approximate surface area is 159 Å². The van der Waals surface area contributed by atoms with Gasteiger partial charge in [0.05, 0.1) is 0 Å². The van der Waals surface area contributed by atoms with Crippen molar-refractivity contribution in [3.05, 3.63) is 119 Å². The molecular weight excluding hydrogens is 320 g/mol. The van der Waals surface area contributed by atoms with Crippen molar-refractivity contribution in [2.24, 2.45) is 0 Å². The summed E-state index contributed by atoms with van der Waals surface area (Å²) in [5, 5.41) is 1.74. The maximum absolute atomic E-state index is 4.26. The van der Waals surface area contributed by atoms with E-state index in [0.29, 0.717) is 0 Å². The Balaban J connectivity index is 5.78. The SMILES string of the molecule is C=C(C)C(=C)C(=C)C(=C)C(=C)/C(=C/C)C(=C)/C(=C/C)C(=C)/C(C)=C/S. The lowest BCUT2D eigenvalue weighted by atomic mass is 9.83. The minimum absolute atomic E-state index is 0.727. The molecule has 0 aliphatic carbocycles. The molecular formula is C24H30S. The third kappa shape index (κ3) is 5.37. The molecule has 0 saturated carbocycles. The number of allylic oxidation sites excluding steroid dienone is 12. The molecule has 0 aliphatic heterocycles. The first kappa shape index (κ1) is 22.8. The molecule has 132 valence electrons. The van der Waals surface area contributed by atoms with Gasteiger partial charge in [-0.1, -0.05) is 63.8 Å². The fourth-order valence-corrected chi connectivity index (χ4v) is 2.44. The molecule has 0 aliphatic rings. The summed E-state index contributed by atoms with van der Waals surface area (Å²) in [7, 11) is 0. The fraction of sp³-hybridized carbons (Fsp3) is 0.167. The molecule has 0 radical (unpaired) electrons. The summed E-state index contributed by atoms with van der Waals surface area (Å²) in [6.07, 6.45) is 3.97. The van der Waals surface area contributed by atoms with E-state index < -0.39 is 0 Å². The van der Waals surface area contributed by atoms with Crippen molar-refractivity contribution in [1.29, 1.82) is 0 Å². The Bertz CT molecular complexity index is 758. The Kier molecular flexibility index (Phi) is 9.01. The molecule has 0 spiro atoms. The first-order valence-corrected chi connectivity index (χ1v) is 8.52. The number of rotatable bonds is 9. The second-order valence-corrected chi connectivity index (χ2v) is 6.13. The Hall–Kier alpha value is -2.25. The summed E-state index contributed by atoms with van der Waals surface area (Å²) >= 11 is 4.22. The molecule has 0 aromatic heterocycles. The standard InChI is InChI=1S/C24H30S/c1-12-23(18(7)16(5)14-25)22(11)24(13-2)21(10)20(9)19(8)17(6)15(3)4/h12-14,25H,3,6-11H2,1-2,4-5H3/b16-14+,23-12+,24-13-. The van der Waals surface area contributed by atoms with Gasteiger partial charge in [0.25, 0.3) is 0 Å². The van der Waals surface area contributed by atoms with Gasteiger partial charge in [-0.2, -0.15) is 12.6 Å². The van der Waals surface area contributed by atoms with Crippen molar-refractivity contribution in [3.63, 3.8) is 0 Å². The Morgan fingerprint density at radius 2 is 1.00 bits per heavy atom. The predicted molar refractivity (Wildman–Crippen MR) is 120 cm³/mol. The van der Waals surface area contributed by atoms with Crippen molar-refractivity contribution in [1.82, 2.24) is 0 Å². The summed E-state index contributed by atoms with van der Waals surface area (Å²) in [4.78, 5) is 0. The van der Waals surface area contributed by atoms with Gasteiger partial charge in [-0.15, -0.1) is 0 Å². The Morgan fingerprint density at radius 3 is 1.36 bits per heavy atom. The lowest BCUT2D eigenvalue weighted by Gasteiger charge is -2.21. The van der Waals surface area contributed by atoms with E-state index in [0.717, 1.165) is 55.7 Å². The summed E-state index contributed by atoms with van der Waals surface area (Å²) in [6, 6.07) is 0. The van der Waals surface area contributed by atoms with Crippen molar-refractivity contribution in [3.8, 4) is 0 Å². The Morgan fingerprint density at radius 1 is 0.600 bits per heavy atom. The first-order valence-electron chi connectivity index (χ1n) is 8.00. The van der Waals surface area contributed by atoms with Crippen LogP contribution in [0.25, 0.3) is 0 Å². The van der Waals surface area contributed by atoms with Gasteiger partial charge in [-0.05, 0) is 83.3 Å². The number of hydrogen-bond donors (Lipinski definition) is 1. The highest BCUT2D eigenvalue weighted by atomic mass is 32.1. The molecule has 0 aromatic carbocycles. The monoisotopic (exact) mass is 350 g/mol. The van der Waals surface area contributed by atoms with E-state index in [9.17, 15) is 0 Å². The van der Waals surface area contributed by atoms with Gasteiger partial charge in [0.2, 0.25) is 0 Å². The van der Waals surface area contributed by atoms with E-state index in [1.807, 2.05) is 39.8 Å². The number of hydrogen-bond acceptors (Lipinski definition) is 1. The third-order valence-electron chi connectivity index (χ3n) is 4.16. The smallest absolute Gasteiger partial charge is 0.0154 e. The highest BCUT2D eigenvalue weighted by Crippen LogP contribution is 2.36. The van der Waals surface area contributed by atoms with Crippen molar-refractivity contribution < 1.29 is 0 Å². The van der Waals surface area contributed by atoms with E-state index in [-0.39, 0.29) is 0 Å². The lowest BCUT2D eigenvalue weighted by Crippen LogP contribution is -2.03. The first-order chi connectivity index (χ1) is 11.5. The highest BCUT2D eigenvalue weighted by molar-refractivity contribution is 7.83. The van der Waals surface area contributed by atoms with E-state index in [1.165, 1.54) is 0 Å². The zero-order valence-electron chi connectivity index (χ0n) is 16.1. The van der Waals surface area contributed by atoms with Crippen molar-refractivity contribution in [2.75, 3.05) is 0 Å². The molecule has 0 rings (SSSR count). The van der Waals surface area contributed by atoms with Gasteiger partial charge < -0.3 is 0 Å². The van der Waals surface area contributed by atoms with E-state index in [2.05, 4.69) is 58.7 Å². The van der Waals surface area contributed by atoms with Crippen LogP contribution in [0, 0.1) is 0 Å². The molecule has 0 saturated heterocycles. The van der Waals surface area contributed by atoms with Crippen LogP contribution in [0.1, 0.15) is 27.7 Å². The van der Waals surface area contributed by atoms with Crippen LogP contribution >= 0.6 is 12.6 Å². The molecule has 0 atom stereocenters. The fourth-order valence-electron chi connectivity index (χ4n) is 2.28. The van der Waals surface area contributed by atoms with Gasteiger partial charge in [0.15, 0.2) is 0 Å². The summed E-state index contributed by atoms with van der Waals surface area (Å²) < 4.78 is 0.